The molecule has 0 aromatic carbocycles. The van der Waals surface area contributed by atoms with Gasteiger partial charge in [-0.1, -0.05) is 0 Å². The van der Waals surface area contributed by atoms with Gasteiger partial charge in [-0.2, -0.15) is 0 Å². The monoisotopic (exact) mass is 213 g/mol. The Kier molecular flexibility index (Phi) is 3.85. The Hall–Kier alpha value is -1.36. The lowest BCUT2D eigenvalue weighted by Crippen LogP contribution is -2.29. The molecule has 15 heavy (non-hydrogen) atoms. The number of carboxylic acids is 1. The first-order chi connectivity index (χ1) is 7.00. The summed E-state index contributed by atoms with van der Waals surface area (Å²) in [5.74, 6) is -1.33. The van der Waals surface area contributed by atoms with Crippen LogP contribution in [0, 0.1) is 5.92 Å². The maximum Gasteiger partial charge on any atom is 0.328 e. The summed E-state index contributed by atoms with van der Waals surface area (Å²) in [5.41, 5.74) is 0. The number of rotatable bonds is 3. The molecule has 1 amide bonds. The Balaban J connectivity index is 2.47. The highest BCUT2D eigenvalue weighted by Gasteiger charge is 2.27. The third kappa shape index (κ3) is 3.36. The van der Waals surface area contributed by atoms with Gasteiger partial charge in [-0.05, 0) is 13.3 Å². The molecule has 1 aliphatic heterocycles. The van der Waals surface area contributed by atoms with E-state index in [2.05, 4.69) is 0 Å². The number of hydrogen-bond acceptors (Lipinski definition) is 3. The van der Waals surface area contributed by atoms with Crippen LogP contribution >= 0.6 is 0 Å². The van der Waals surface area contributed by atoms with Crippen molar-refractivity contribution in [2.24, 2.45) is 5.92 Å². The molecule has 0 saturated carbocycles. The summed E-state index contributed by atoms with van der Waals surface area (Å²) in [6.45, 7) is 2.78. The summed E-state index contributed by atoms with van der Waals surface area (Å²) >= 11 is 0. The van der Waals surface area contributed by atoms with Crippen molar-refractivity contribution in [3.8, 4) is 0 Å². The highest BCUT2D eigenvalue weighted by Crippen LogP contribution is 2.19. The van der Waals surface area contributed by atoms with Crippen LogP contribution in [0.1, 0.15) is 13.3 Å². The van der Waals surface area contributed by atoms with Gasteiger partial charge in [-0.15, -0.1) is 0 Å². The molecule has 1 saturated heterocycles. The topological polar surface area (TPSA) is 77.8 Å². The number of hydrogen-bond donors (Lipinski definition) is 2. The van der Waals surface area contributed by atoms with Crippen molar-refractivity contribution in [1.29, 1.82) is 0 Å². The van der Waals surface area contributed by atoms with Crippen LogP contribution in [-0.4, -0.2) is 46.2 Å². The molecule has 2 atom stereocenters. The zero-order chi connectivity index (χ0) is 11.4. The Bertz CT molecular complexity index is 285. The Morgan fingerprint density at radius 1 is 1.47 bits per heavy atom. The number of carbonyl (C=O) groups is 2. The first-order valence-corrected chi connectivity index (χ1v) is 4.88. The smallest absolute Gasteiger partial charge is 0.328 e. The number of carboxylic acid groups (broad SMARTS) is 1. The van der Waals surface area contributed by atoms with Gasteiger partial charge in [0.05, 0.1) is 6.10 Å². The SMILES string of the molecule is CC(O)C1CCN(C(=O)/C=C/C(=O)O)C1. The minimum absolute atomic E-state index is 0.104. The fourth-order valence-electron chi connectivity index (χ4n) is 1.63. The summed E-state index contributed by atoms with van der Waals surface area (Å²) < 4.78 is 0. The minimum atomic E-state index is -1.13. The van der Waals surface area contributed by atoms with Crippen molar-refractivity contribution in [2.45, 2.75) is 19.4 Å². The third-order valence-corrected chi connectivity index (χ3v) is 2.59. The van der Waals surface area contributed by atoms with Crippen LogP contribution in [-0.2, 0) is 9.59 Å². The van der Waals surface area contributed by atoms with E-state index in [0.29, 0.717) is 13.1 Å². The van der Waals surface area contributed by atoms with Crippen molar-refractivity contribution in [3.05, 3.63) is 12.2 Å². The molecule has 1 rings (SSSR count). The predicted molar refractivity (Wildman–Crippen MR) is 53.1 cm³/mol. The lowest BCUT2D eigenvalue weighted by molar-refractivity contribution is -0.132. The van der Waals surface area contributed by atoms with E-state index in [4.69, 9.17) is 5.11 Å². The van der Waals surface area contributed by atoms with Crippen molar-refractivity contribution in [3.63, 3.8) is 0 Å². The second kappa shape index (κ2) is 4.93. The molecule has 0 aliphatic carbocycles. The van der Waals surface area contributed by atoms with Gasteiger partial charge in [0.15, 0.2) is 0 Å². The minimum Gasteiger partial charge on any atom is -0.478 e. The van der Waals surface area contributed by atoms with Crippen LogP contribution in [0.3, 0.4) is 0 Å². The van der Waals surface area contributed by atoms with Gasteiger partial charge < -0.3 is 15.1 Å². The van der Waals surface area contributed by atoms with Crippen molar-refractivity contribution >= 4 is 11.9 Å². The number of likely N-dealkylation sites (tertiary alicyclic amines) is 1. The third-order valence-electron chi connectivity index (χ3n) is 2.59. The van der Waals surface area contributed by atoms with Crippen LogP contribution in [0.15, 0.2) is 12.2 Å². The molecule has 84 valence electrons. The fourth-order valence-corrected chi connectivity index (χ4v) is 1.63. The number of aliphatic carboxylic acids is 1. The average molecular weight is 213 g/mol. The van der Waals surface area contributed by atoms with Crippen LogP contribution < -0.4 is 0 Å². The first kappa shape index (κ1) is 11.7. The molecule has 0 bridgehead atoms. The molecule has 1 fully saturated rings. The quantitative estimate of drug-likeness (QED) is 0.639. The fraction of sp³-hybridized carbons (Fsp3) is 0.600. The second-order valence-corrected chi connectivity index (χ2v) is 3.75. The molecule has 5 heteroatoms. The summed E-state index contributed by atoms with van der Waals surface area (Å²) in [5, 5.41) is 17.7. The summed E-state index contributed by atoms with van der Waals surface area (Å²) in [7, 11) is 0. The normalized spacial score (nSPS) is 23.3. The molecule has 1 aliphatic rings. The van der Waals surface area contributed by atoms with E-state index in [1.54, 1.807) is 11.8 Å². The van der Waals surface area contributed by atoms with Gasteiger partial charge in [0, 0.05) is 31.2 Å². The zero-order valence-corrected chi connectivity index (χ0v) is 8.59. The lowest BCUT2D eigenvalue weighted by Gasteiger charge is -2.15. The number of nitrogens with zero attached hydrogens (tertiary/aromatic N) is 1. The van der Waals surface area contributed by atoms with E-state index in [1.807, 2.05) is 0 Å². The Morgan fingerprint density at radius 3 is 2.60 bits per heavy atom. The van der Waals surface area contributed by atoms with Gasteiger partial charge in [-0.25, -0.2) is 4.79 Å². The van der Waals surface area contributed by atoms with Gasteiger partial charge in [0.1, 0.15) is 0 Å². The molecule has 1 heterocycles. The van der Waals surface area contributed by atoms with Gasteiger partial charge in [0.25, 0.3) is 0 Å². The van der Waals surface area contributed by atoms with Crippen LogP contribution in [0.4, 0.5) is 0 Å². The Labute approximate surface area is 88.0 Å². The summed E-state index contributed by atoms with van der Waals surface area (Å²) in [4.78, 5) is 23.2. The zero-order valence-electron chi connectivity index (χ0n) is 8.59. The van der Waals surface area contributed by atoms with Crippen LogP contribution in [0.25, 0.3) is 0 Å². The van der Waals surface area contributed by atoms with E-state index in [0.717, 1.165) is 18.6 Å². The van der Waals surface area contributed by atoms with Gasteiger partial charge in [0.2, 0.25) is 5.91 Å². The molecule has 2 N–H and O–H groups in total. The number of aliphatic hydroxyl groups excluding tert-OH is 1. The van der Waals surface area contributed by atoms with E-state index in [-0.39, 0.29) is 11.8 Å². The van der Waals surface area contributed by atoms with Crippen molar-refractivity contribution in [1.82, 2.24) is 4.90 Å². The standard InChI is InChI=1S/C10H15NO4/c1-7(12)8-4-5-11(6-8)9(13)2-3-10(14)15/h2-3,7-8,12H,4-6H2,1H3,(H,14,15)/b3-2+. The number of amides is 1. The van der Waals surface area contributed by atoms with Crippen LogP contribution in [0.2, 0.25) is 0 Å². The van der Waals surface area contributed by atoms with Crippen LogP contribution in [0.5, 0.6) is 0 Å². The number of carbonyl (C=O) groups excluding carboxylic acids is 1. The average Bonchev–Trinajstić information content (AvgIpc) is 2.62. The van der Waals surface area contributed by atoms with Crippen molar-refractivity contribution in [2.75, 3.05) is 13.1 Å². The molecule has 0 spiro atoms. The predicted octanol–water partition coefficient (Wildman–Crippen LogP) is -0.144. The molecule has 0 radical (unpaired) electrons. The molecular formula is C10H15NO4. The van der Waals surface area contributed by atoms with Gasteiger partial charge >= 0.3 is 5.97 Å². The molecule has 2 unspecified atom stereocenters. The largest absolute Gasteiger partial charge is 0.478 e. The number of aliphatic hydroxyl groups is 1. The van der Waals surface area contributed by atoms with Gasteiger partial charge in [-0.3, -0.25) is 4.79 Å². The van der Waals surface area contributed by atoms with E-state index < -0.39 is 12.1 Å². The Morgan fingerprint density at radius 2 is 2.13 bits per heavy atom. The maximum absolute atomic E-state index is 11.4. The maximum atomic E-state index is 11.4. The van der Waals surface area contributed by atoms with E-state index in [1.165, 1.54) is 0 Å². The summed E-state index contributed by atoms with van der Waals surface area (Å²) in [6.07, 6.45) is 2.22. The van der Waals surface area contributed by atoms with E-state index >= 15 is 0 Å². The molecule has 0 aromatic heterocycles. The molecular weight excluding hydrogens is 198 g/mol. The highest BCUT2D eigenvalue weighted by atomic mass is 16.4. The molecule has 0 aromatic rings. The van der Waals surface area contributed by atoms with E-state index in [9.17, 15) is 14.7 Å². The van der Waals surface area contributed by atoms with Crippen molar-refractivity contribution < 1.29 is 19.8 Å². The second-order valence-electron chi connectivity index (χ2n) is 3.75. The first-order valence-electron chi connectivity index (χ1n) is 4.88. The lowest BCUT2D eigenvalue weighted by atomic mass is 10.0. The highest BCUT2D eigenvalue weighted by molar-refractivity contribution is 5.94. The summed E-state index contributed by atoms with van der Waals surface area (Å²) in [6, 6.07) is 0. The molecule has 5 nitrogen and oxygen atoms in total.